The Kier molecular flexibility index (Phi) is 4.54. The van der Waals surface area contributed by atoms with E-state index >= 15 is 0 Å². The summed E-state index contributed by atoms with van der Waals surface area (Å²) in [6.07, 6.45) is -5.02. The Morgan fingerprint density at radius 3 is 2.00 bits per heavy atom. The molecule has 142 valence electrons. The van der Waals surface area contributed by atoms with Crippen molar-refractivity contribution in [3.63, 3.8) is 0 Å². The number of hydrogen-bond donors (Lipinski definition) is 2. The quantitative estimate of drug-likeness (QED) is 0.758. The van der Waals surface area contributed by atoms with Gasteiger partial charge in [-0.3, -0.25) is 0 Å². The second kappa shape index (κ2) is 6.29. The Bertz CT molecular complexity index is 752. The first-order chi connectivity index (χ1) is 12.0. The molecule has 1 fully saturated rings. The minimum atomic E-state index is -4.86. The molecule has 0 bridgehead atoms. The number of alkyl halides is 6. The molecular weight excluding hydrogens is 360 g/mol. The fourth-order valence-electron chi connectivity index (χ4n) is 3.28. The highest BCUT2D eigenvalue weighted by molar-refractivity contribution is 5.35. The summed E-state index contributed by atoms with van der Waals surface area (Å²) in [5, 5.41) is 0. The molecule has 26 heavy (non-hydrogen) atoms. The molecule has 0 spiro atoms. The van der Waals surface area contributed by atoms with E-state index in [2.05, 4.69) is 9.97 Å². The van der Waals surface area contributed by atoms with Crippen LogP contribution in [0, 0.1) is 0 Å². The van der Waals surface area contributed by atoms with E-state index in [1.807, 2.05) is 0 Å². The lowest BCUT2D eigenvalue weighted by atomic mass is 9.98. The summed E-state index contributed by atoms with van der Waals surface area (Å²) < 4.78 is 77.6. The van der Waals surface area contributed by atoms with Crippen LogP contribution < -0.4 is 5.73 Å². The van der Waals surface area contributed by atoms with Crippen molar-refractivity contribution in [1.29, 1.82) is 0 Å². The maximum atomic E-state index is 12.9. The van der Waals surface area contributed by atoms with Crippen molar-refractivity contribution in [2.75, 3.05) is 0 Å². The molecular formula is C17H17F6N3. The summed E-state index contributed by atoms with van der Waals surface area (Å²) in [6, 6.07) is 1.56. The third-order valence-electron chi connectivity index (χ3n) is 4.63. The van der Waals surface area contributed by atoms with Crippen LogP contribution in [0.4, 0.5) is 26.3 Å². The highest BCUT2D eigenvalue weighted by Gasteiger charge is 2.37. The minimum Gasteiger partial charge on any atom is -0.347 e. The van der Waals surface area contributed by atoms with E-state index in [-0.39, 0.29) is 18.1 Å². The molecule has 1 aromatic heterocycles. The van der Waals surface area contributed by atoms with Gasteiger partial charge in [-0.1, -0.05) is 12.8 Å². The number of rotatable bonds is 3. The molecule has 3 nitrogen and oxygen atoms in total. The lowest BCUT2D eigenvalue weighted by molar-refractivity contribution is -0.143. The van der Waals surface area contributed by atoms with Crippen molar-refractivity contribution >= 4 is 0 Å². The maximum Gasteiger partial charge on any atom is 0.416 e. The molecule has 0 unspecified atom stereocenters. The number of nitrogens with one attached hydrogen (secondary N) is 1. The molecule has 1 saturated carbocycles. The van der Waals surface area contributed by atoms with Crippen LogP contribution >= 0.6 is 0 Å². The lowest BCUT2D eigenvalue weighted by Gasteiger charge is -2.20. The second-order valence-electron chi connectivity index (χ2n) is 6.69. The predicted molar refractivity (Wildman–Crippen MR) is 82.2 cm³/mol. The van der Waals surface area contributed by atoms with E-state index < -0.39 is 29.0 Å². The fourth-order valence-corrected chi connectivity index (χ4v) is 3.28. The first-order valence-electron chi connectivity index (χ1n) is 8.09. The minimum absolute atomic E-state index is 0.109. The first kappa shape index (κ1) is 18.8. The van der Waals surface area contributed by atoms with E-state index in [1.165, 1.54) is 6.20 Å². The molecule has 2 aromatic rings. The van der Waals surface area contributed by atoms with Gasteiger partial charge < -0.3 is 10.7 Å². The van der Waals surface area contributed by atoms with Gasteiger partial charge in [0.25, 0.3) is 0 Å². The normalized spacial score (nSPS) is 17.7. The smallest absolute Gasteiger partial charge is 0.347 e. The molecule has 0 amide bonds. The van der Waals surface area contributed by atoms with Crippen LogP contribution in [0.15, 0.2) is 24.4 Å². The predicted octanol–water partition coefficient (Wildman–Crippen LogP) is 4.77. The Labute approximate surface area is 145 Å². The van der Waals surface area contributed by atoms with Crippen molar-refractivity contribution in [1.82, 2.24) is 9.97 Å². The van der Waals surface area contributed by atoms with Gasteiger partial charge in [0.1, 0.15) is 5.82 Å². The van der Waals surface area contributed by atoms with Gasteiger partial charge in [-0.05, 0) is 36.6 Å². The summed E-state index contributed by atoms with van der Waals surface area (Å²) in [6.45, 7) is 0. The highest BCUT2D eigenvalue weighted by Crippen LogP contribution is 2.37. The third kappa shape index (κ3) is 3.87. The third-order valence-corrected chi connectivity index (χ3v) is 4.63. The zero-order valence-corrected chi connectivity index (χ0v) is 13.6. The van der Waals surface area contributed by atoms with Crippen LogP contribution in [-0.4, -0.2) is 9.97 Å². The number of imidazole rings is 1. The van der Waals surface area contributed by atoms with Crippen LogP contribution in [0.3, 0.4) is 0 Å². The average molecular weight is 377 g/mol. The van der Waals surface area contributed by atoms with Crippen molar-refractivity contribution in [2.24, 2.45) is 5.73 Å². The van der Waals surface area contributed by atoms with Gasteiger partial charge in [0.05, 0.1) is 22.4 Å². The monoisotopic (exact) mass is 377 g/mol. The summed E-state index contributed by atoms with van der Waals surface area (Å²) in [5.74, 6) is 0.521. The molecule has 1 aliphatic carbocycles. The topological polar surface area (TPSA) is 54.7 Å². The summed E-state index contributed by atoms with van der Waals surface area (Å²) in [7, 11) is 0. The molecule has 1 aromatic carbocycles. The van der Waals surface area contributed by atoms with Crippen molar-refractivity contribution in [3.05, 3.63) is 52.6 Å². The van der Waals surface area contributed by atoms with Crippen LogP contribution in [0.2, 0.25) is 0 Å². The molecule has 0 saturated heterocycles. The number of nitrogens with zero attached hydrogens (tertiary/aromatic N) is 1. The van der Waals surface area contributed by atoms with Crippen LogP contribution in [0.5, 0.6) is 0 Å². The highest BCUT2D eigenvalue weighted by atomic mass is 19.4. The van der Waals surface area contributed by atoms with E-state index in [1.54, 1.807) is 0 Å². The number of aromatic nitrogens is 2. The molecule has 3 N–H and O–H groups in total. The number of benzene rings is 1. The molecule has 3 rings (SSSR count). The van der Waals surface area contributed by atoms with E-state index in [4.69, 9.17) is 5.73 Å². The largest absolute Gasteiger partial charge is 0.416 e. The van der Waals surface area contributed by atoms with Crippen molar-refractivity contribution in [2.45, 2.75) is 50.0 Å². The van der Waals surface area contributed by atoms with Gasteiger partial charge >= 0.3 is 12.4 Å². The van der Waals surface area contributed by atoms with Gasteiger partial charge in [-0.15, -0.1) is 0 Å². The van der Waals surface area contributed by atoms with E-state index in [0.717, 1.165) is 37.8 Å². The van der Waals surface area contributed by atoms with Crippen molar-refractivity contribution < 1.29 is 26.3 Å². The molecule has 0 aliphatic heterocycles. The standard InChI is InChI=1S/C17H17F6N3/c18-16(19,20)11-5-10(6-12(8-11)17(21,22)23)7-13-9-25-14(26-13)15(24)3-1-2-4-15/h5-6,8-9H,1-4,7,24H2,(H,25,26). The van der Waals surface area contributed by atoms with E-state index in [9.17, 15) is 26.3 Å². The zero-order chi connectivity index (χ0) is 19.2. The Morgan fingerprint density at radius 2 is 1.50 bits per heavy atom. The number of nitrogens with two attached hydrogens (primary N) is 1. The number of halogens is 6. The SMILES string of the molecule is NC1(c2nc(Cc3cc(C(F)(F)F)cc(C(F)(F)F)c3)c[nH]2)CCCC1. The van der Waals surface area contributed by atoms with Gasteiger partial charge in [0.2, 0.25) is 0 Å². The van der Waals surface area contributed by atoms with Crippen LogP contribution in [-0.2, 0) is 24.3 Å². The number of hydrogen-bond acceptors (Lipinski definition) is 2. The van der Waals surface area contributed by atoms with Crippen molar-refractivity contribution in [3.8, 4) is 0 Å². The molecule has 1 aliphatic rings. The average Bonchev–Trinajstić information content (AvgIpc) is 3.15. The van der Waals surface area contributed by atoms with Gasteiger partial charge in [0, 0.05) is 12.6 Å². The molecule has 0 atom stereocenters. The summed E-state index contributed by atoms with van der Waals surface area (Å²) in [5.41, 5.74) is 3.23. The molecule has 1 heterocycles. The van der Waals surface area contributed by atoms with Gasteiger partial charge in [-0.25, -0.2) is 4.98 Å². The molecule has 9 heteroatoms. The zero-order valence-electron chi connectivity index (χ0n) is 13.6. The summed E-state index contributed by atoms with van der Waals surface area (Å²) >= 11 is 0. The fraction of sp³-hybridized carbons (Fsp3) is 0.471. The Balaban J connectivity index is 1.91. The van der Waals surface area contributed by atoms with Gasteiger partial charge in [0.15, 0.2) is 0 Å². The molecule has 0 radical (unpaired) electrons. The lowest BCUT2D eigenvalue weighted by Crippen LogP contribution is -2.34. The summed E-state index contributed by atoms with van der Waals surface area (Å²) in [4.78, 5) is 7.22. The number of aromatic amines is 1. The first-order valence-corrected chi connectivity index (χ1v) is 8.09. The Morgan fingerprint density at radius 1 is 0.962 bits per heavy atom. The Hall–Kier alpha value is -2.03. The van der Waals surface area contributed by atoms with Crippen LogP contribution in [0.1, 0.15) is 53.9 Å². The second-order valence-corrected chi connectivity index (χ2v) is 6.69. The number of H-pyrrole nitrogens is 1. The van der Waals surface area contributed by atoms with E-state index in [0.29, 0.717) is 11.5 Å². The maximum absolute atomic E-state index is 12.9. The van der Waals surface area contributed by atoms with Crippen LogP contribution in [0.25, 0.3) is 0 Å². The van der Waals surface area contributed by atoms with Gasteiger partial charge in [-0.2, -0.15) is 26.3 Å².